The number of hydrogen-bond donors (Lipinski definition) is 0. The van der Waals surface area contributed by atoms with E-state index < -0.39 is 8.80 Å². The van der Waals surface area contributed by atoms with Gasteiger partial charge >= 0.3 is 8.80 Å². The summed E-state index contributed by atoms with van der Waals surface area (Å²) in [4.78, 5) is 0. The lowest BCUT2D eigenvalue weighted by Crippen LogP contribution is -2.42. The molecule has 0 aromatic carbocycles. The minimum absolute atomic E-state index is 0.755. The van der Waals surface area contributed by atoms with Crippen molar-refractivity contribution in [3.05, 3.63) is 0 Å². The Morgan fingerprint density at radius 3 is 2.15 bits per heavy atom. The van der Waals surface area contributed by atoms with Crippen LogP contribution in [0.1, 0.15) is 6.42 Å². The molecule has 0 rings (SSSR count). The van der Waals surface area contributed by atoms with Gasteiger partial charge in [0, 0.05) is 33.1 Å². The first-order chi connectivity index (χ1) is 6.24. The van der Waals surface area contributed by atoms with Crippen LogP contribution in [-0.2, 0) is 13.3 Å². The van der Waals surface area contributed by atoms with Crippen molar-refractivity contribution in [1.82, 2.24) is 0 Å². The predicted molar refractivity (Wildman–Crippen MR) is 54.3 cm³/mol. The van der Waals surface area contributed by atoms with Crippen molar-refractivity contribution < 1.29 is 13.3 Å². The summed E-state index contributed by atoms with van der Waals surface area (Å²) >= 11 is 1.24. The molecule has 0 fully saturated rings. The summed E-state index contributed by atoms with van der Waals surface area (Å²) in [5.41, 5.74) is 0. The SMILES string of the molecule is CO[Si](CCCSC#N)(OC)OC. The Balaban J connectivity index is 3.76. The zero-order chi connectivity index (χ0) is 10.2. The van der Waals surface area contributed by atoms with E-state index in [0.717, 1.165) is 18.2 Å². The van der Waals surface area contributed by atoms with Gasteiger partial charge in [0.1, 0.15) is 5.40 Å². The maximum absolute atomic E-state index is 8.30. The number of thioether (sulfide) groups is 1. The molecular weight excluding hydrogens is 206 g/mol. The minimum atomic E-state index is -2.39. The van der Waals surface area contributed by atoms with Gasteiger partial charge in [-0.1, -0.05) is 0 Å². The van der Waals surface area contributed by atoms with Crippen molar-refractivity contribution in [3.63, 3.8) is 0 Å². The van der Waals surface area contributed by atoms with E-state index in [2.05, 4.69) is 0 Å². The van der Waals surface area contributed by atoms with E-state index in [9.17, 15) is 0 Å². The lowest BCUT2D eigenvalue weighted by molar-refractivity contribution is 0.123. The summed E-state index contributed by atoms with van der Waals surface area (Å²) in [6, 6.07) is 0.755. The fraction of sp³-hybridized carbons (Fsp3) is 0.857. The van der Waals surface area contributed by atoms with E-state index in [1.54, 1.807) is 21.3 Å². The fourth-order valence-corrected chi connectivity index (χ4v) is 3.32. The Labute approximate surface area is 84.5 Å². The second kappa shape index (κ2) is 7.35. The first-order valence-corrected chi connectivity index (χ1v) is 6.82. The summed E-state index contributed by atoms with van der Waals surface area (Å²) in [6.07, 6.45) is 0.875. The van der Waals surface area contributed by atoms with Crippen LogP contribution in [0.5, 0.6) is 0 Å². The van der Waals surface area contributed by atoms with E-state index in [4.69, 9.17) is 18.5 Å². The molecule has 0 heterocycles. The van der Waals surface area contributed by atoms with Gasteiger partial charge in [-0.3, -0.25) is 0 Å². The largest absolute Gasteiger partial charge is 0.500 e. The smallest absolute Gasteiger partial charge is 0.377 e. The van der Waals surface area contributed by atoms with Crippen LogP contribution < -0.4 is 0 Å². The highest BCUT2D eigenvalue weighted by Gasteiger charge is 2.36. The molecule has 0 radical (unpaired) electrons. The van der Waals surface area contributed by atoms with E-state index in [0.29, 0.717) is 0 Å². The summed E-state index contributed by atoms with van der Waals surface area (Å²) < 4.78 is 15.7. The standard InChI is InChI=1S/C7H15NO3SSi/c1-9-13(10-2,11-3)6-4-5-12-7-8/h4-6H2,1-3H3. The quantitative estimate of drug-likeness (QED) is 0.370. The van der Waals surface area contributed by atoms with E-state index in [1.807, 2.05) is 5.40 Å². The van der Waals surface area contributed by atoms with Gasteiger partial charge < -0.3 is 13.3 Å². The Kier molecular flexibility index (Phi) is 7.32. The number of rotatable bonds is 7. The second-order valence-electron chi connectivity index (χ2n) is 2.34. The molecule has 0 aromatic heterocycles. The van der Waals surface area contributed by atoms with Crippen molar-refractivity contribution in [2.75, 3.05) is 27.1 Å². The Hall–Kier alpha value is -0.0631. The third-order valence-electron chi connectivity index (χ3n) is 1.73. The average molecular weight is 221 g/mol. The molecule has 76 valence electrons. The molecule has 4 nitrogen and oxygen atoms in total. The van der Waals surface area contributed by atoms with Gasteiger partial charge in [0.25, 0.3) is 0 Å². The van der Waals surface area contributed by atoms with Crippen molar-refractivity contribution in [1.29, 1.82) is 5.26 Å². The molecule has 0 N–H and O–H groups in total. The lowest BCUT2D eigenvalue weighted by Gasteiger charge is -2.23. The van der Waals surface area contributed by atoms with Gasteiger partial charge in [0.2, 0.25) is 0 Å². The van der Waals surface area contributed by atoms with Crippen molar-refractivity contribution >= 4 is 20.6 Å². The van der Waals surface area contributed by atoms with Crippen LogP contribution in [0.3, 0.4) is 0 Å². The molecule has 0 atom stereocenters. The second-order valence-corrected chi connectivity index (χ2v) is 6.31. The molecule has 0 aliphatic carbocycles. The van der Waals surface area contributed by atoms with Gasteiger partial charge in [0.05, 0.1) is 0 Å². The average Bonchev–Trinajstić information content (AvgIpc) is 2.20. The van der Waals surface area contributed by atoms with Crippen LogP contribution >= 0.6 is 11.8 Å². The van der Waals surface area contributed by atoms with Gasteiger partial charge in [0.15, 0.2) is 0 Å². The van der Waals surface area contributed by atoms with Crippen LogP contribution in [0.15, 0.2) is 0 Å². The monoisotopic (exact) mass is 221 g/mol. The number of hydrogen-bond acceptors (Lipinski definition) is 5. The molecule has 13 heavy (non-hydrogen) atoms. The van der Waals surface area contributed by atoms with E-state index in [1.165, 1.54) is 11.8 Å². The van der Waals surface area contributed by atoms with Crippen LogP contribution in [0.2, 0.25) is 6.04 Å². The van der Waals surface area contributed by atoms with Gasteiger partial charge in [-0.2, -0.15) is 5.26 Å². The lowest BCUT2D eigenvalue weighted by atomic mass is 10.6. The zero-order valence-electron chi connectivity index (χ0n) is 8.20. The molecule has 0 aliphatic heterocycles. The van der Waals surface area contributed by atoms with Crippen LogP contribution in [0.4, 0.5) is 0 Å². The van der Waals surface area contributed by atoms with Crippen LogP contribution in [0.25, 0.3) is 0 Å². The van der Waals surface area contributed by atoms with Gasteiger partial charge in [-0.05, 0) is 18.2 Å². The molecule has 0 aromatic rings. The highest BCUT2D eigenvalue weighted by atomic mass is 32.2. The van der Waals surface area contributed by atoms with Gasteiger partial charge in [-0.25, -0.2) is 0 Å². The number of nitriles is 1. The third kappa shape index (κ3) is 4.64. The maximum atomic E-state index is 8.30. The van der Waals surface area contributed by atoms with Crippen molar-refractivity contribution in [3.8, 4) is 5.40 Å². The van der Waals surface area contributed by atoms with Crippen molar-refractivity contribution in [2.45, 2.75) is 12.5 Å². The highest BCUT2D eigenvalue weighted by molar-refractivity contribution is 8.03. The van der Waals surface area contributed by atoms with E-state index >= 15 is 0 Å². The number of nitrogens with zero attached hydrogens (tertiary/aromatic N) is 1. The summed E-state index contributed by atoms with van der Waals surface area (Å²) in [7, 11) is 2.39. The fourth-order valence-electron chi connectivity index (χ4n) is 0.963. The van der Waals surface area contributed by atoms with Crippen LogP contribution in [0, 0.1) is 10.7 Å². The Morgan fingerprint density at radius 2 is 1.77 bits per heavy atom. The molecule has 6 heteroatoms. The molecule has 0 unspecified atom stereocenters. The van der Waals surface area contributed by atoms with Gasteiger partial charge in [-0.15, -0.1) is 0 Å². The third-order valence-corrected chi connectivity index (χ3v) is 5.18. The topological polar surface area (TPSA) is 51.5 Å². The first-order valence-electron chi connectivity index (χ1n) is 3.91. The molecule has 0 saturated heterocycles. The Morgan fingerprint density at radius 1 is 1.23 bits per heavy atom. The predicted octanol–water partition coefficient (Wildman–Crippen LogP) is 1.47. The van der Waals surface area contributed by atoms with Crippen LogP contribution in [-0.4, -0.2) is 35.9 Å². The Bertz CT molecular complexity index is 161. The molecule has 0 spiro atoms. The minimum Gasteiger partial charge on any atom is -0.377 e. The highest BCUT2D eigenvalue weighted by Crippen LogP contribution is 2.16. The number of thiocyanates is 1. The molecule has 0 bridgehead atoms. The zero-order valence-corrected chi connectivity index (χ0v) is 10.0. The normalized spacial score (nSPS) is 11.2. The van der Waals surface area contributed by atoms with E-state index in [-0.39, 0.29) is 0 Å². The summed E-state index contributed by atoms with van der Waals surface area (Å²) in [6.45, 7) is 0. The summed E-state index contributed by atoms with van der Waals surface area (Å²) in [5, 5.41) is 10.3. The molecule has 0 aliphatic rings. The maximum Gasteiger partial charge on any atom is 0.500 e. The molecular formula is C7H15NO3SSi. The first kappa shape index (κ1) is 12.9. The van der Waals surface area contributed by atoms with Crippen molar-refractivity contribution in [2.24, 2.45) is 0 Å². The molecule has 0 amide bonds. The summed E-state index contributed by atoms with van der Waals surface area (Å²) in [5.74, 6) is 0.793. The molecule has 0 saturated carbocycles.